The molecule has 1 fully saturated rings. The molecule has 1 aliphatic carbocycles. The number of nitrogens with one attached hydrogen (secondary N) is 1. The maximum absolute atomic E-state index is 5.77. The summed E-state index contributed by atoms with van der Waals surface area (Å²) >= 11 is 0. The highest BCUT2D eigenvalue weighted by atomic mass is 14.9. The topological polar surface area (TPSA) is 50.9 Å². The average Bonchev–Trinajstić information content (AvgIpc) is 2.27. The van der Waals surface area contributed by atoms with Crippen molar-refractivity contribution in [1.29, 1.82) is 0 Å². The highest BCUT2D eigenvalue weighted by Gasteiger charge is 2.25. The molecule has 17 heavy (non-hydrogen) atoms. The number of nitrogens with zero attached hydrogens (tertiary/aromatic N) is 1. The Hall–Kier alpha value is -1.77. The number of fused-ring (bicyclic) bond motifs is 1. The first-order valence-corrected chi connectivity index (χ1v) is 6.13. The van der Waals surface area contributed by atoms with Gasteiger partial charge in [0.25, 0.3) is 0 Å². The predicted molar refractivity (Wildman–Crippen MR) is 72.0 cm³/mol. The van der Waals surface area contributed by atoms with Gasteiger partial charge in [-0.3, -0.25) is 4.98 Å². The molecule has 0 atom stereocenters. The number of anilines is 2. The number of hydrogen-bond donors (Lipinski definition) is 2. The van der Waals surface area contributed by atoms with Crippen LogP contribution in [-0.2, 0) is 0 Å². The molecular weight excluding hydrogens is 210 g/mol. The first-order valence-electron chi connectivity index (χ1n) is 6.13. The zero-order valence-electron chi connectivity index (χ0n) is 9.98. The van der Waals surface area contributed by atoms with Gasteiger partial charge in [-0.15, -0.1) is 0 Å². The van der Waals surface area contributed by atoms with E-state index in [9.17, 15) is 0 Å². The number of hydrogen-bond acceptors (Lipinski definition) is 3. The van der Waals surface area contributed by atoms with Gasteiger partial charge in [0.15, 0.2) is 0 Å². The van der Waals surface area contributed by atoms with Gasteiger partial charge in [-0.1, -0.05) is 6.92 Å². The standard InChI is InChI=1S/C14H17N3/c1-9-6-11(7-9)17-13-4-5-16-14-8-10(15)2-3-12(13)14/h2-5,8-9,11H,6-7,15H2,1H3,(H,16,17). The Morgan fingerprint density at radius 3 is 2.88 bits per heavy atom. The second-order valence-electron chi connectivity index (χ2n) is 5.05. The molecule has 0 amide bonds. The van der Waals surface area contributed by atoms with Crippen LogP contribution in [0.3, 0.4) is 0 Å². The Bertz CT molecular complexity index is 544. The Balaban J connectivity index is 1.93. The fourth-order valence-electron chi connectivity index (χ4n) is 2.53. The van der Waals surface area contributed by atoms with Gasteiger partial charge in [0.1, 0.15) is 0 Å². The van der Waals surface area contributed by atoms with Crippen molar-refractivity contribution >= 4 is 22.3 Å². The molecule has 0 unspecified atom stereocenters. The smallest absolute Gasteiger partial charge is 0.0743 e. The van der Waals surface area contributed by atoms with Crippen molar-refractivity contribution in [3.05, 3.63) is 30.5 Å². The van der Waals surface area contributed by atoms with Gasteiger partial charge in [-0.05, 0) is 43.0 Å². The van der Waals surface area contributed by atoms with Crippen LogP contribution in [0.2, 0.25) is 0 Å². The monoisotopic (exact) mass is 227 g/mol. The summed E-state index contributed by atoms with van der Waals surface area (Å²) in [6.07, 6.45) is 4.36. The fourth-order valence-corrected chi connectivity index (χ4v) is 2.53. The normalized spacial score (nSPS) is 23.4. The lowest BCUT2D eigenvalue weighted by molar-refractivity contribution is 0.309. The van der Waals surface area contributed by atoms with E-state index in [-0.39, 0.29) is 0 Å². The molecule has 88 valence electrons. The highest BCUT2D eigenvalue weighted by molar-refractivity contribution is 5.92. The van der Waals surface area contributed by atoms with Crippen molar-refractivity contribution in [2.75, 3.05) is 11.1 Å². The van der Waals surface area contributed by atoms with Crippen LogP contribution < -0.4 is 11.1 Å². The molecule has 0 spiro atoms. The van der Waals surface area contributed by atoms with Gasteiger partial charge >= 0.3 is 0 Å². The minimum absolute atomic E-state index is 0.619. The summed E-state index contributed by atoms with van der Waals surface area (Å²) < 4.78 is 0. The molecule has 3 nitrogen and oxygen atoms in total. The predicted octanol–water partition coefficient (Wildman–Crippen LogP) is 3.03. The zero-order chi connectivity index (χ0) is 11.8. The number of benzene rings is 1. The summed E-state index contributed by atoms with van der Waals surface area (Å²) in [7, 11) is 0. The summed E-state index contributed by atoms with van der Waals surface area (Å²) in [6, 6.07) is 8.56. The van der Waals surface area contributed by atoms with Crippen LogP contribution in [0, 0.1) is 5.92 Å². The van der Waals surface area contributed by atoms with Crippen LogP contribution in [0.25, 0.3) is 10.9 Å². The van der Waals surface area contributed by atoms with Crippen LogP contribution in [-0.4, -0.2) is 11.0 Å². The molecule has 2 aromatic rings. The van der Waals surface area contributed by atoms with Gasteiger partial charge in [-0.25, -0.2) is 0 Å². The van der Waals surface area contributed by atoms with E-state index in [0.29, 0.717) is 6.04 Å². The summed E-state index contributed by atoms with van der Waals surface area (Å²) in [6.45, 7) is 2.30. The number of nitrogens with two attached hydrogens (primary N) is 1. The quantitative estimate of drug-likeness (QED) is 0.775. The largest absolute Gasteiger partial charge is 0.399 e. The van der Waals surface area contributed by atoms with E-state index in [0.717, 1.165) is 22.5 Å². The summed E-state index contributed by atoms with van der Waals surface area (Å²) in [4.78, 5) is 4.35. The fraction of sp³-hybridized carbons (Fsp3) is 0.357. The maximum atomic E-state index is 5.77. The van der Waals surface area contributed by atoms with E-state index in [1.165, 1.54) is 18.5 Å². The maximum Gasteiger partial charge on any atom is 0.0743 e. The third kappa shape index (κ3) is 1.93. The number of pyridine rings is 1. The third-order valence-electron chi connectivity index (χ3n) is 3.50. The number of aromatic nitrogens is 1. The first-order chi connectivity index (χ1) is 8.22. The molecule has 3 N–H and O–H groups in total. The van der Waals surface area contributed by atoms with Crippen molar-refractivity contribution in [1.82, 2.24) is 4.98 Å². The van der Waals surface area contributed by atoms with E-state index in [2.05, 4.69) is 17.2 Å². The SMILES string of the molecule is CC1CC(Nc2ccnc3cc(N)ccc23)C1. The first kappa shape index (κ1) is 10.4. The van der Waals surface area contributed by atoms with Crippen molar-refractivity contribution in [2.24, 2.45) is 5.92 Å². The van der Waals surface area contributed by atoms with Crippen molar-refractivity contribution < 1.29 is 0 Å². The lowest BCUT2D eigenvalue weighted by atomic mass is 9.82. The van der Waals surface area contributed by atoms with E-state index in [1.54, 1.807) is 0 Å². The second kappa shape index (κ2) is 3.91. The molecular formula is C14H17N3. The van der Waals surface area contributed by atoms with Crippen molar-refractivity contribution in [3.8, 4) is 0 Å². The van der Waals surface area contributed by atoms with Crippen LogP contribution in [0.4, 0.5) is 11.4 Å². The van der Waals surface area contributed by atoms with Crippen LogP contribution in [0.1, 0.15) is 19.8 Å². The van der Waals surface area contributed by atoms with E-state index < -0.39 is 0 Å². The Labute approximate surface area is 101 Å². The van der Waals surface area contributed by atoms with E-state index >= 15 is 0 Å². The van der Waals surface area contributed by atoms with Crippen LogP contribution in [0.15, 0.2) is 30.5 Å². The lowest BCUT2D eigenvalue weighted by Crippen LogP contribution is -2.33. The van der Waals surface area contributed by atoms with Crippen molar-refractivity contribution in [2.45, 2.75) is 25.8 Å². The molecule has 0 radical (unpaired) electrons. The molecule has 3 heteroatoms. The highest BCUT2D eigenvalue weighted by Crippen LogP contribution is 2.31. The van der Waals surface area contributed by atoms with Gasteiger partial charge in [0.2, 0.25) is 0 Å². The van der Waals surface area contributed by atoms with Gasteiger partial charge < -0.3 is 11.1 Å². The molecule has 0 saturated heterocycles. The van der Waals surface area contributed by atoms with E-state index in [1.807, 2.05) is 30.5 Å². The molecule has 1 saturated carbocycles. The molecule has 1 aromatic heterocycles. The minimum Gasteiger partial charge on any atom is -0.399 e. The Kier molecular flexibility index (Phi) is 2.39. The molecule has 3 rings (SSSR count). The van der Waals surface area contributed by atoms with Gasteiger partial charge in [0, 0.05) is 29.0 Å². The molecule has 0 aliphatic heterocycles. The van der Waals surface area contributed by atoms with Crippen molar-refractivity contribution in [3.63, 3.8) is 0 Å². The number of rotatable bonds is 2. The third-order valence-corrected chi connectivity index (χ3v) is 3.50. The minimum atomic E-state index is 0.619. The zero-order valence-corrected chi connectivity index (χ0v) is 9.98. The van der Waals surface area contributed by atoms with Gasteiger partial charge in [0.05, 0.1) is 5.52 Å². The van der Waals surface area contributed by atoms with Gasteiger partial charge in [-0.2, -0.15) is 0 Å². The molecule has 1 aliphatic rings. The Morgan fingerprint density at radius 2 is 2.12 bits per heavy atom. The van der Waals surface area contributed by atoms with E-state index in [4.69, 9.17) is 5.73 Å². The number of nitrogen functional groups attached to an aromatic ring is 1. The second-order valence-corrected chi connectivity index (χ2v) is 5.05. The summed E-state index contributed by atoms with van der Waals surface area (Å²) in [5.41, 5.74) is 8.67. The Morgan fingerprint density at radius 1 is 1.29 bits per heavy atom. The van der Waals surface area contributed by atoms with Crippen LogP contribution in [0.5, 0.6) is 0 Å². The van der Waals surface area contributed by atoms with Crippen LogP contribution >= 0.6 is 0 Å². The summed E-state index contributed by atoms with van der Waals surface area (Å²) in [5.74, 6) is 0.858. The summed E-state index contributed by atoms with van der Waals surface area (Å²) in [5, 5.41) is 4.74. The average molecular weight is 227 g/mol. The molecule has 0 bridgehead atoms. The molecule has 1 heterocycles. The molecule has 1 aromatic carbocycles. The lowest BCUT2D eigenvalue weighted by Gasteiger charge is -2.34.